The largest absolute Gasteiger partial charge is 0.484 e. The number of carbonyl (C=O) groups excluding carboxylic acids is 1. The second-order valence-electron chi connectivity index (χ2n) is 11.0. The van der Waals surface area contributed by atoms with E-state index in [9.17, 15) is 4.79 Å². The average molecular weight is 554 g/mol. The number of fused-ring (bicyclic) bond motifs is 1. The number of anilines is 2. The van der Waals surface area contributed by atoms with E-state index in [1.807, 2.05) is 48.5 Å². The summed E-state index contributed by atoms with van der Waals surface area (Å²) in [6.07, 6.45) is 7.94. The van der Waals surface area contributed by atoms with E-state index in [1.165, 1.54) is 25.3 Å². The Balaban J connectivity index is 1.39. The van der Waals surface area contributed by atoms with Gasteiger partial charge in [-0.25, -0.2) is 9.97 Å². The van der Waals surface area contributed by atoms with Crippen LogP contribution in [0.25, 0.3) is 17.0 Å². The number of hydrogen-bond donors (Lipinski definition) is 4. The van der Waals surface area contributed by atoms with Crippen LogP contribution in [-0.4, -0.2) is 52.2 Å². The second-order valence-corrected chi connectivity index (χ2v) is 11.0. The van der Waals surface area contributed by atoms with E-state index in [4.69, 9.17) is 25.8 Å². The van der Waals surface area contributed by atoms with Gasteiger partial charge in [0.1, 0.15) is 11.6 Å². The predicted octanol–water partition coefficient (Wildman–Crippen LogP) is 5.04. The summed E-state index contributed by atoms with van der Waals surface area (Å²) in [6, 6.07) is 16.1. The average Bonchev–Trinajstić information content (AvgIpc) is 3.50. The van der Waals surface area contributed by atoms with Crippen LogP contribution in [0.3, 0.4) is 0 Å². The molecule has 2 aromatic carbocycles. The molecule has 1 amide bonds. The summed E-state index contributed by atoms with van der Waals surface area (Å²) in [6.45, 7) is 6.10. The molecule has 41 heavy (non-hydrogen) atoms. The number of ether oxygens (including phenoxy) is 1. The smallest absolute Gasteiger partial charge is 0.258 e. The van der Waals surface area contributed by atoms with Crippen LogP contribution in [0.5, 0.6) is 5.75 Å². The van der Waals surface area contributed by atoms with Crippen LogP contribution in [0.15, 0.2) is 54.7 Å². The minimum atomic E-state index is -0.0887. The fourth-order valence-corrected chi connectivity index (χ4v) is 5.43. The van der Waals surface area contributed by atoms with E-state index in [0.717, 1.165) is 66.2 Å². The second kappa shape index (κ2) is 13.0. The van der Waals surface area contributed by atoms with Crippen LogP contribution in [0.2, 0.25) is 0 Å². The molecule has 0 unspecified atom stereocenters. The number of allylic oxidation sites excluding steroid dienone is 1. The predicted molar refractivity (Wildman–Crippen MR) is 163 cm³/mol. The summed E-state index contributed by atoms with van der Waals surface area (Å²) in [5.41, 5.74) is 11.0. The molecule has 3 aromatic rings. The number of nitrogens with one attached hydrogen (secondary N) is 3. The van der Waals surface area contributed by atoms with E-state index >= 15 is 0 Å². The molecule has 1 aliphatic heterocycles. The quantitative estimate of drug-likeness (QED) is 0.259. The Kier molecular flexibility index (Phi) is 8.94. The Hall–Kier alpha value is -4.24. The molecule has 1 aromatic heterocycles. The van der Waals surface area contributed by atoms with Gasteiger partial charge >= 0.3 is 0 Å². The van der Waals surface area contributed by atoms with Gasteiger partial charge in [-0.1, -0.05) is 37.1 Å². The maximum atomic E-state index is 12.4. The zero-order chi connectivity index (χ0) is 28.8. The topological polar surface area (TPSA) is 129 Å². The first-order valence-electron chi connectivity index (χ1n) is 14.4. The van der Waals surface area contributed by atoms with Crippen molar-refractivity contribution >= 4 is 29.2 Å². The maximum Gasteiger partial charge on any atom is 0.258 e. The molecule has 2 aliphatic rings. The zero-order valence-electron chi connectivity index (χ0n) is 23.8. The Morgan fingerprint density at radius 2 is 1.95 bits per heavy atom. The standard InChI is InChI=1S/C32H39N7O2/c1-21(2)39-15-14-29-28(19-39)32(36-26-12-10-22(11-13-26)24(17-33)18-34)38-31(37-29)23-6-5-9-27(16-23)41-20-30(40)35-25-7-3-4-8-25/h5-6,9-13,16-18,21,25,33H,3-4,7-8,14-15,19-20,34H2,1-2H3,(H,35,40)(H,36,37,38)/b24-18+,33-17?. The van der Waals surface area contributed by atoms with Crippen molar-refractivity contribution in [3.05, 3.63) is 71.6 Å². The lowest BCUT2D eigenvalue weighted by atomic mass is 10.0. The molecule has 0 atom stereocenters. The highest BCUT2D eigenvalue weighted by atomic mass is 16.5. The highest BCUT2D eigenvalue weighted by molar-refractivity contribution is 6.08. The highest BCUT2D eigenvalue weighted by Crippen LogP contribution is 2.31. The van der Waals surface area contributed by atoms with Gasteiger partial charge in [0.05, 0.1) is 5.69 Å². The van der Waals surface area contributed by atoms with Crippen molar-refractivity contribution in [2.45, 2.75) is 64.6 Å². The Bertz CT molecular complexity index is 1410. The molecule has 2 heterocycles. The fraction of sp³-hybridized carbons (Fsp3) is 0.375. The molecule has 1 saturated carbocycles. The van der Waals surface area contributed by atoms with Crippen LogP contribution in [0.4, 0.5) is 11.5 Å². The van der Waals surface area contributed by atoms with Gasteiger partial charge < -0.3 is 26.5 Å². The first kappa shape index (κ1) is 28.3. The Labute approximate surface area is 241 Å². The lowest BCUT2D eigenvalue weighted by Gasteiger charge is -2.32. The number of hydrogen-bond acceptors (Lipinski definition) is 8. The summed E-state index contributed by atoms with van der Waals surface area (Å²) in [5.74, 6) is 1.90. The Morgan fingerprint density at radius 3 is 2.66 bits per heavy atom. The first-order valence-corrected chi connectivity index (χ1v) is 14.4. The van der Waals surface area contributed by atoms with Crippen LogP contribution in [0, 0.1) is 5.41 Å². The van der Waals surface area contributed by atoms with Gasteiger partial charge in [0.25, 0.3) is 5.91 Å². The summed E-state index contributed by atoms with van der Waals surface area (Å²) >= 11 is 0. The molecule has 0 radical (unpaired) electrons. The molecule has 1 aliphatic carbocycles. The molecule has 9 heteroatoms. The van der Waals surface area contributed by atoms with Crippen LogP contribution >= 0.6 is 0 Å². The maximum absolute atomic E-state index is 12.4. The number of nitrogens with zero attached hydrogens (tertiary/aromatic N) is 3. The van der Waals surface area contributed by atoms with Crippen molar-refractivity contribution < 1.29 is 9.53 Å². The lowest BCUT2D eigenvalue weighted by molar-refractivity contribution is -0.123. The molecular formula is C32H39N7O2. The number of rotatable bonds is 10. The molecule has 5 rings (SSSR count). The molecule has 214 valence electrons. The minimum absolute atomic E-state index is 0.0160. The number of nitrogens with two attached hydrogens (primary N) is 1. The molecule has 0 bridgehead atoms. The molecule has 1 fully saturated rings. The molecular weight excluding hydrogens is 514 g/mol. The van der Waals surface area contributed by atoms with Crippen molar-refractivity contribution in [3.8, 4) is 17.1 Å². The molecule has 5 N–H and O–H groups in total. The Morgan fingerprint density at radius 1 is 1.17 bits per heavy atom. The molecule has 9 nitrogen and oxygen atoms in total. The monoisotopic (exact) mass is 553 g/mol. The van der Waals surface area contributed by atoms with E-state index in [-0.39, 0.29) is 18.6 Å². The lowest BCUT2D eigenvalue weighted by Crippen LogP contribution is -2.37. The van der Waals surface area contributed by atoms with Crippen LogP contribution < -0.4 is 21.1 Å². The molecule has 0 saturated heterocycles. The van der Waals surface area contributed by atoms with Gasteiger partial charge in [0, 0.05) is 66.4 Å². The van der Waals surface area contributed by atoms with Crippen molar-refractivity contribution in [2.24, 2.45) is 5.73 Å². The van der Waals surface area contributed by atoms with Gasteiger partial charge in [-0.15, -0.1) is 0 Å². The van der Waals surface area contributed by atoms with Gasteiger partial charge in [-0.2, -0.15) is 0 Å². The number of amides is 1. The third kappa shape index (κ3) is 6.92. The number of carbonyl (C=O) groups is 1. The summed E-state index contributed by atoms with van der Waals surface area (Å²) < 4.78 is 5.85. The van der Waals surface area contributed by atoms with Gasteiger partial charge in [0.2, 0.25) is 0 Å². The van der Waals surface area contributed by atoms with E-state index in [2.05, 4.69) is 29.4 Å². The summed E-state index contributed by atoms with van der Waals surface area (Å²) in [4.78, 5) is 24.8. The van der Waals surface area contributed by atoms with Gasteiger partial charge in [0.15, 0.2) is 12.4 Å². The fourth-order valence-electron chi connectivity index (χ4n) is 5.43. The summed E-state index contributed by atoms with van der Waals surface area (Å²) in [5, 5.41) is 14.2. The molecule has 0 spiro atoms. The third-order valence-electron chi connectivity index (χ3n) is 7.82. The van der Waals surface area contributed by atoms with Crippen molar-refractivity contribution in [2.75, 3.05) is 18.5 Å². The van der Waals surface area contributed by atoms with Crippen LogP contribution in [-0.2, 0) is 17.8 Å². The summed E-state index contributed by atoms with van der Waals surface area (Å²) in [7, 11) is 0. The first-order chi connectivity index (χ1) is 19.9. The minimum Gasteiger partial charge on any atom is -0.484 e. The van der Waals surface area contributed by atoms with Gasteiger partial charge in [-0.05, 0) is 56.5 Å². The van der Waals surface area contributed by atoms with Gasteiger partial charge in [-0.3, -0.25) is 9.69 Å². The number of benzene rings is 2. The normalized spacial score (nSPS) is 15.9. The van der Waals surface area contributed by atoms with Crippen LogP contribution in [0.1, 0.15) is 56.4 Å². The van der Waals surface area contributed by atoms with Crippen molar-refractivity contribution in [1.29, 1.82) is 5.41 Å². The van der Waals surface area contributed by atoms with Crippen molar-refractivity contribution in [1.82, 2.24) is 20.2 Å². The number of aromatic nitrogens is 2. The zero-order valence-corrected chi connectivity index (χ0v) is 23.8. The van der Waals surface area contributed by atoms with E-state index in [0.29, 0.717) is 23.2 Å². The van der Waals surface area contributed by atoms with Crippen molar-refractivity contribution in [3.63, 3.8) is 0 Å². The SMILES string of the molecule is CC(C)N1CCc2nc(-c3cccc(OCC(=O)NC4CCCC4)c3)nc(Nc3ccc(/C(C=N)=C/N)cc3)c2C1. The van der Waals surface area contributed by atoms with E-state index < -0.39 is 0 Å². The third-order valence-corrected chi connectivity index (χ3v) is 7.82. The highest BCUT2D eigenvalue weighted by Gasteiger charge is 2.25. The van der Waals surface area contributed by atoms with E-state index in [1.54, 1.807) is 0 Å².